The third kappa shape index (κ3) is 3.90. The summed E-state index contributed by atoms with van der Waals surface area (Å²) in [5.74, 6) is -2.12. The molecular weight excluding hydrogens is 581 g/mol. The summed E-state index contributed by atoms with van der Waals surface area (Å²) >= 11 is 2.15. The van der Waals surface area contributed by atoms with Crippen molar-refractivity contribution in [2.24, 2.45) is 10.5 Å². The van der Waals surface area contributed by atoms with Crippen molar-refractivity contribution < 1.29 is 33.7 Å². The van der Waals surface area contributed by atoms with E-state index >= 15 is 0 Å². The lowest BCUT2D eigenvalue weighted by molar-refractivity contribution is -0.175. The number of hydrogen-bond donors (Lipinski definition) is 1. The number of carbonyl (C=O) groups is 3. The maximum atomic E-state index is 14.1. The van der Waals surface area contributed by atoms with E-state index in [0.717, 1.165) is 8.58 Å². The number of piperidine rings is 1. The molecule has 4 rings (SSSR count). The van der Waals surface area contributed by atoms with Gasteiger partial charge in [-0.3, -0.25) is 9.59 Å². The number of hydrazone groups is 1. The second-order valence-electron chi connectivity index (χ2n) is 8.16. The summed E-state index contributed by atoms with van der Waals surface area (Å²) in [4.78, 5) is 42.2. The zero-order valence-corrected chi connectivity index (χ0v) is 22.2. The summed E-state index contributed by atoms with van der Waals surface area (Å²) in [5.41, 5.74) is -4.28. The number of carbonyl (C=O) groups excluding carboxylic acids is 3. The molecule has 0 saturated carbocycles. The van der Waals surface area contributed by atoms with Crippen LogP contribution in [0.4, 0.5) is 11.4 Å². The molecule has 2 atom stereocenters. The Hall–Kier alpha value is -3.19. The molecule has 2 aliphatic heterocycles. The molecule has 1 saturated heterocycles. The van der Waals surface area contributed by atoms with Gasteiger partial charge in [-0.25, -0.2) is 9.80 Å². The number of ether oxygens (including phenoxy) is 3. The smallest absolute Gasteiger partial charge is 0.355 e. The van der Waals surface area contributed by atoms with Gasteiger partial charge in [-0.2, -0.15) is 5.10 Å². The molecule has 2 heterocycles. The van der Waals surface area contributed by atoms with Crippen LogP contribution in [0.25, 0.3) is 0 Å². The minimum Gasteiger partial charge on any atom is -0.497 e. The van der Waals surface area contributed by atoms with Crippen molar-refractivity contribution in [2.75, 3.05) is 36.8 Å². The molecule has 0 spiro atoms. The quantitative estimate of drug-likeness (QED) is 0.378. The Morgan fingerprint density at radius 1 is 1.03 bits per heavy atom. The van der Waals surface area contributed by atoms with Crippen LogP contribution in [0.15, 0.2) is 53.6 Å². The van der Waals surface area contributed by atoms with Gasteiger partial charge in [-0.15, -0.1) is 0 Å². The van der Waals surface area contributed by atoms with Crippen molar-refractivity contribution >= 4 is 57.5 Å². The van der Waals surface area contributed by atoms with Crippen molar-refractivity contribution in [2.45, 2.75) is 26.0 Å². The van der Waals surface area contributed by atoms with Crippen molar-refractivity contribution in [1.29, 1.82) is 0 Å². The van der Waals surface area contributed by atoms with Crippen molar-refractivity contribution in [1.82, 2.24) is 0 Å². The molecule has 11 heteroatoms. The van der Waals surface area contributed by atoms with Crippen LogP contribution in [-0.2, 0) is 23.9 Å². The highest BCUT2D eigenvalue weighted by atomic mass is 127. The maximum absolute atomic E-state index is 14.1. The number of nitrogens with zero attached hydrogens (tertiary/aromatic N) is 3. The van der Waals surface area contributed by atoms with Crippen molar-refractivity contribution in [3.05, 3.63) is 52.1 Å². The molecule has 0 bridgehead atoms. The van der Waals surface area contributed by atoms with E-state index in [1.54, 1.807) is 50.2 Å². The minimum atomic E-state index is -2.60. The fraction of sp³-hybridized carbons (Fsp3) is 0.360. The third-order valence-corrected chi connectivity index (χ3v) is 7.03. The Bertz CT molecular complexity index is 1200. The average molecular weight is 607 g/mol. The zero-order chi connectivity index (χ0) is 26.1. The molecule has 10 nitrogen and oxygen atoms in total. The highest BCUT2D eigenvalue weighted by Crippen LogP contribution is 2.52. The number of benzene rings is 2. The molecule has 2 unspecified atom stereocenters. The maximum Gasteiger partial charge on any atom is 0.355 e. The number of amides is 1. The van der Waals surface area contributed by atoms with Gasteiger partial charge in [0.15, 0.2) is 11.1 Å². The summed E-state index contributed by atoms with van der Waals surface area (Å²) in [7, 11) is 1.50. The van der Waals surface area contributed by atoms with Gasteiger partial charge in [0.25, 0.3) is 11.6 Å². The molecule has 0 aliphatic carbocycles. The second kappa shape index (κ2) is 10.1. The molecule has 1 N–H and O–H groups in total. The van der Waals surface area contributed by atoms with E-state index in [1.165, 1.54) is 12.0 Å². The van der Waals surface area contributed by atoms with Gasteiger partial charge in [0.1, 0.15) is 5.75 Å². The van der Waals surface area contributed by atoms with E-state index in [9.17, 15) is 19.5 Å². The standard InChI is InChI=1S/C25H26IN3O7/c1-4-35-21(30)20-24(23(32)36-5-2)14-15-28(17-8-6-16(26)7-9-17)22(31)25(24,33)29(27-20)18-10-12-19(34-3)13-11-18/h6-13,33H,4-5,14-15H2,1-3H3. The summed E-state index contributed by atoms with van der Waals surface area (Å²) in [6.45, 7) is 3.25. The van der Waals surface area contributed by atoms with E-state index in [1.807, 2.05) is 12.1 Å². The summed E-state index contributed by atoms with van der Waals surface area (Å²) in [6, 6.07) is 13.5. The van der Waals surface area contributed by atoms with Gasteiger partial charge >= 0.3 is 11.9 Å². The van der Waals surface area contributed by atoms with Gasteiger partial charge in [0.2, 0.25) is 0 Å². The lowest BCUT2D eigenvalue weighted by Gasteiger charge is -2.48. The first kappa shape index (κ1) is 25.9. The number of methoxy groups -OCH3 is 1. The number of rotatable bonds is 7. The molecule has 0 aromatic heterocycles. The van der Waals surface area contributed by atoms with Crippen LogP contribution in [0, 0.1) is 8.99 Å². The molecular formula is C25H26IN3O7. The number of aliphatic hydroxyl groups is 1. The highest BCUT2D eigenvalue weighted by molar-refractivity contribution is 14.1. The largest absolute Gasteiger partial charge is 0.497 e. The fourth-order valence-electron chi connectivity index (χ4n) is 4.58. The second-order valence-corrected chi connectivity index (χ2v) is 9.41. The van der Waals surface area contributed by atoms with Crippen molar-refractivity contribution in [3.8, 4) is 5.75 Å². The Morgan fingerprint density at radius 3 is 2.22 bits per heavy atom. The number of fused-ring (bicyclic) bond motifs is 1. The summed E-state index contributed by atoms with van der Waals surface area (Å²) in [5, 5.41) is 17.7. The van der Waals surface area contributed by atoms with Crippen LogP contribution >= 0.6 is 22.6 Å². The number of esters is 2. The first-order valence-electron chi connectivity index (χ1n) is 11.4. The zero-order valence-electron chi connectivity index (χ0n) is 20.1. The molecule has 2 aromatic carbocycles. The van der Waals surface area contributed by atoms with Crippen LogP contribution in [-0.4, -0.2) is 61.3 Å². The Labute approximate surface area is 221 Å². The molecule has 190 valence electrons. The lowest BCUT2D eigenvalue weighted by atomic mass is 9.68. The molecule has 1 amide bonds. The van der Waals surface area contributed by atoms with Crippen LogP contribution in [0.1, 0.15) is 20.3 Å². The van der Waals surface area contributed by atoms with E-state index in [2.05, 4.69) is 27.7 Å². The van der Waals surface area contributed by atoms with E-state index in [0.29, 0.717) is 11.4 Å². The van der Waals surface area contributed by atoms with Crippen LogP contribution in [0.2, 0.25) is 0 Å². The van der Waals surface area contributed by atoms with Crippen LogP contribution in [0.3, 0.4) is 0 Å². The van der Waals surface area contributed by atoms with E-state index in [4.69, 9.17) is 14.2 Å². The molecule has 2 aromatic rings. The Balaban J connectivity index is 1.92. The Kier molecular flexibility index (Phi) is 7.23. The lowest BCUT2D eigenvalue weighted by Crippen LogP contribution is -2.73. The molecule has 2 aliphatic rings. The first-order chi connectivity index (χ1) is 17.2. The van der Waals surface area contributed by atoms with Crippen LogP contribution < -0.4 is 14.6 Å². The van der Waals surface area contributed by atoms with E-state index < -0.39 is 29.0 Å². The van der Waals surface area contributed by atoms with E-state index in [-0.39, 0.29) is 37.6 Å². The fourth-order valence-corrected chi connectivity index (χ4v) is 4.94. The minimum absolute atomic E-state index is 0.0143. The normalized spacial score (nSPS) is 23.1. The Morgan fingerprint density at radius 2 is 1.64 bits per heavy atom. The number of halogens is 1. The first-order valence-corrected chi connectivity index (χ1v) is 12.5. The van der Waals surface area contributed by atoms with Gasteiger partial charge in [0, 0.05) is 15.8 Å². The summed E-state index contributed by atoms with van der Waals surface area (Å²) in [6.07, 6.45) is -0.121. The SMILES string of the molecule is CCOC(=O)C1=NN(c2ccc(OC)cc2)C2(O)C(=O)N(c3ccc(I)cc3)CCC12C(=O)OCC. The molecule has 36 heavy (non-hydrogen) atoms. The molecule has 0 radical (unpaired) electrons. The predicted octanol–water partition coefficient (Wildman–Crippen LogP) is 2.71. The third-order valence-electron chi connectivity index (χ3n) is 6.31. The number of anilines is 2. The number of hydrogen-bond acceptors (Lipinski definition) is 9. The van der Waals surface area contributed by atoms with Crippen LogP contribution in [0.5, 0.6) is 5.75 Å². The van der Waals surface area contributed by atoms with Crippen molar-refractivity contribution in [3.63, 3.8) is 0 Å². The molecule has 1 fully saturated rings. The topological polar surface area (TPSA) is 118 Å². The summed E-state index contributed by atoms with van der Waals surface area (Å²) < 4.78 is 16.7. The van der Waals surface area contributed by atoms with Gasteiger partial charge < -0.3 is 24.2 Å². The monoisotopic (exact) mass is 607 g/mol. The van der Waals surface area contributed by atoms with Gasteiger partial charge in [0.05, 0.1) is 26.0 Å². The average Bonchev–Trinajstić information content (AvgIpc) is 3.16. The predicted molar refractivity (Wildman–Crippen MR) is 140 cm³/mol. The van der Waals surface area contributed by atoms with Gasteiger partial charge in [-0.1, -0.05) is 0 Å². The highest BCUT2D eigenvalue weighted by Gasteiger charge is 2.76. The van der Waals surface area contributed by atoms with Gasteiger partial charge in [-0.05, 0) is 91.4 Å².